The molecule has 1 aromatic carbocycles. The van der Waals surface area contributed by atoms with E-state index in [2.05, 4.69) is 15.6 Å². The van der Waals surface area contributed by atoms with Gasteiger partial charge < -0.3 is 15.7 Å². The molecule has 0 bridgehead atoms. The maximum atomic E-state index is 12.5. The zero-order valence-electron chi connectivity index (χ0n) is 15.1. The lowest BCUT2D eigenvalue weighted by Crippen LogP contribution is -2.33. The van der Waals surface area contributed by atoms with Crippen LogP contribution in [0.1, 0.15) is 41.7 Å². The smallest absolute Gasteiger partial charge is 0.309 e. The van der Waals surface area contributed by atoms with E-state index in [1.165, 1.54) is 23.1 Å². The molecular formula is C19H21N3O4S2. The van der Waals surface area contributed by atoms with Crippen LogP contribution in [0.5, 0.6) is 0 Å². The Balaban J connectivity index is 1.55. The molecule has 28 heavy (non-hydrogen) atoms. The molecule has 0 atom stereocenters. The molecule has 1 aromatic heterocycles. The average molecular weight is 420 g/mol. The molecule has 2 aromatic rings. The van der Waals surface area contributed by atoms with E-state index < -0.39 is 5.97 Å². The number of carbonyl (C=O) groups is 3. The number of anilines is 1. The molecule has 0 saturated heterocycles. The lowest BCUT2D eigenvalue weighted by molar-refractivity contribution is -0.136. The van der Waals surface area contributed by atoms with Gasteiger partial charge in [-0.1, -0.05) is 36.7 Å². The van der Waals surface area contributed by atoms with E-state index in [1.807, 2.05) is 0 Å². The van der Waals surface area contributed by atoms with Gasteiger partial charge in [0.25, 0.3) is 5.91 Å². The number of hydrogen-bond donors (Lipinski definition) is 3. The van der Waals surface area contributed by atoms with Crippen molar-refractivity contribution in [1.29, 1.82) is 0 Å². The van der Waals surface area contributed by atoms with Gasteiger partial charge in [-0.25, -0.2) is 4.98 Å². The van der Waals surface area contributed by atoms with Crippen LogP contribution < -0.4 is 10.6 Å². The minimum absolute atomic E-state index is 0.124. The minimum Gasteiger partial charge on any atom is -0.481 e. The summed E-state index contributed by atoms with van der Waals surface area (Å²) in [5, 5.41) is 16.3. The molecule has 2 amide bonds. The molecule has 1 aliphatic rings. The third kappa shape index (κ3) is 5.80. The molecule has 7 nitrogen and oxygen atoms in total. The van der Waals surface area contributed by atoms with Crippen LogP contribution in [0, 0.1) is 0 Å². The number of para-hydroxylation sites is 1. The number of hydrogen-bond acceptors (Lipinski definition) is 6. The molecule has 0 spiro atoms. The summed E-state index contributed by atoms with van der Waals surface area (Å²) in [5.74, 6) is -1.24. The Bertz CT molecular complexity index is 862. The molecule has 148 valence electrons. The molecule has 1 saturated carbocycles. The van der Waals surface area contributed by atoms with Crippen LogP contribution in [0.25, 0.3) is 0 Å². The molecular weight excluding hydrogens is 398 g/mol. The lowest BCUT2D eigenvalue weighted by Gasteiger charge is -2.14. The highest BCUT2D eigenvalue weighted by molar-refractivity contribution is 8.01. The fourth-order valence-corrected chi connectivity index (χ4v) is 4.67. The summed E-state index contributed by atoms with van der Waals surface area (Å²) in [5.41, 5.74) is 1.41. The highest BCUT2D eigenvalue weighted by Gasteiger charge is 2.20. The summed E-state index contributed by atoms with van der Waals surface area (Å²) in [4.78, 5) is 39.8. The van der Waals surface area contributed by atoms with E-state index in [0.717, 1.165) is 25.7 Å². The molecule has 1 aliphatic carbocycles. The quantitative estimate of drug-likeness (QED) is 0.567. The van der Waals surface area contributed by atoms with Crippen molar-refractivity contribution < 1.29 is 19.5 Å². The van der Waals surface area contributed by atoms with Crippen molar-refractivity contribution in [2.75, 3.05) is 11.1 Å². The van der Waals surface area contributed by atoms with Gasteiger partial charge in [0.1, 0.15) is 0 Å². The maximum absolute atomic E-state index is 12.5. The van der Waals surface area contributed by atoms with Gasteiger partial charge in [-0.2, -0.15) is 0 Å². The first-order valence-corrected chi connectivity index (χ1v) is 10.9. The number of rotatable bonds is 8. The number of carboxylic acids is 1. The molecule has 0 aliphatic heterocycles. The molecule has 3 N–H and O–H groups in total. The second kappa shape index (κ2) is 9.70. The Morgan fingerprint density at radius 3 is 2.71 bits per heavy atom. The van der Waals surface area contributed by atoms with Crippen molar-refractivity contribution >= 4 is 46.6 Å². The van der Waals surface area contributed by atoms with Crippen molar-refractivity contribution in [2.45, 2.75) is 42.5 Å². The van der Waals surface area contributed by atoms with Crippen molar-refractivity contribution in [3.8, 4) is 0 Å². The van der Waals surface area contributed by atoms with Crippen molar-refractivity contribution in [2.24, 2.45) is 0 Å². The van der Waals surface area contributed by atoms with Gasteiger partial charge >= 0.3 is 5.97 Å². The number of aromatic nitrogens is 1. The maximum Gasteiger partial charge on any atom is 0.309 e. The third-order valence-corrected chi connectivity index (χ3v) is 6.40. The monoisotopic (exact) mass is 419 g/mol. The predicted molar refractivity (Wildman–Crippen MR) is 109 cm³/mol. The fraction of sp³-hybridized carbons (Fsp3) is 0.368. The summed E-state index contributed by atoms with van der Waals surface area (Å²) < 4.78 is 0.638. The second-order valence-corrected chi connectivity index (χ2v) is 8.59. The first-order valence-electron chi connectivity index (χ1n) is 9.00. The van der Waals surface area contributed by atoms with E-state index in [1.54, 1.807) is 29.6 Å². The summed E-state index contributed by atoms with van der Waals surface area (Å²) in [6.07, 6.45) is 4.12. The summed E-state index contributed by atoms with van der Waals surface area (Å²) >= 11 is 2.55. The molecule has 9 heteroatoms. The molecule has 3 rings (SSSR count). The highest BCUT2D eigenvalue weighted by atomic mass is 32.2. The topological polar surface area (TPSA) is 108 Å². The number of nitrogens with one attached hydrogen (secondary N) is 2. The number of nitrogens with zero attached hydrogens (tertiary/aromatic N) is 1. The molecule has 1 fully saturated rings. The van der Waals surface area contributed by atoms with Gasteiger partial charge in [0.05, 0.1) is 29.1 Å². The molecule has 0 radical (unpaired) electrons. The van der Waals surface area contributed by atoms with Crippen molar-refractivity contribution in [3.63, 3.8) is 0 Å². The van der Waals surface area contributed by atoms with Crippen LogP contribution in [0.2, 0.25) is 0 Å². The van der Waals surface area contributed by atoms with Gasteiger partial charge in [-0.15, -0.1) is 11.3 Å². The number of aliphatic carboxylic acids is 1. The van der Waals surface area contributed by atoms with Gasteiger partial charge in [0, 0.05) is 11.4 Å². The Hall–Kier alpha value is -2.39. The van der Waals surface area contributed by atoms with E-state index in [9.17, 15) is 14.4 Å². The van der Waals surface area contributed by atoms with Crippen LogP contribution in [0.3, 0.4) is 0 Å². The number of thioether (sulfide) groups is 1. The fourth-order valence-electron chi connectivity index (χ4n) is 3.03. The summed E-state index contributed by atoms with van der Waals surface area (Å²) in [6.45, 7) is 0. The van der Waals surface area contributed by atoms with E-state index in [0.29, 0.717) is 21.3 Å². The standard InChI is InChI=1S/C19H21N3O4S2/c23-16(11-28-19-21-13(10-27-19)9-17(24)25)22-15-8-4-3-7-14(15)18(26)20-12-5-1-2-6-12/h3-4,7-8,10,12H,1-2,5-6,9,11H2,(H,20,26)(H,22,23)(H,24,25). The average Bonchev–Trinajstić information content (AvgIpc) is 3.32. The summed E-state index contributed by atoms with van der Waals surface area (Å²) in [7, 11) is 0. The van der Waals surface area contributed by atoms with Crippen LogP contribution >= 0.6 is 23.1 Å². The van der Waals surface area contributed by atoms with Crippen LogP contribution in [-0.2, 0) is 16.0 Å². The van der Waals surface area contributed by atoms with Crippen LogP contribution in [0.15, 0.2) is 34.0 Å². The van der Waals surface area contributed by atoms with E-state index >= 15 is 0 Å². The van der Waals surface area contributed by atoms with E-state index in [-0.39, 0.29) is 30.0 Å². The molecule has 1 heterocycles. The Morgan fingerprint density at radius 2 is 1.96 bits per heavy atom. The second-order valence-electron chi connectivity index (χ2n) is 6.51. The Labute approximate surface area is 170 Å². The van der Waals surface area contributed by atoms with Gasteiger partial charge in [-0.3, -0.25) is 14.4 Å². The van der Waals surface area contributed by atoms with E-state index in [4.69, 9.17) is 5.11 Å². The highest BCUT2D eigenvalue weighted by Crippen LogP contribution is 2.24. The van der Waals surface area contributed by atoms with Crippen LogP contribution in [0.4, 0.5) is 5.69 Å². The largest absolute Gasteiger partial charge is 0.481 e. The first-order chi connectivity index (χ1) is 13.5. The first kappa shape index (κ1) is 20.3. The SMILES string of the molecule is O=C(O)Cc1csc(SCC(=O)Nc2ccccc2C(=O)NC2CCCC2)n1. The predicted octanol–water partition coefficient (Wildman–Crippen LogP) is 3.17. The lowest BCUT2D eigenvalue weighted by atomic mass is 10.1. The Kier molecular flexibility index (Phi) is 7.05. The van der Waals surface area contributed by atoms with Gasteiger partial charge in [-0.05, 0) is 25.0 Å². The zero-order chi connectivity index (χ0) is 19.9. The number of carbonyl (C=O) groups excluding carboxylic acids is 2. The summed E-state index contributed by atoms with van der Waals surface area (Å²) in [6, 6.07) is 7.16. The molecule has 0 unspecified atom stereocenters. The van der Waals surface area contributed by atoms with Crippen molar-refractivity contribution in [3.05, 3.63) is 40.9 Å². The number of amides is 2. The number of carboxylic acid groups (broad SMARTS) is 1. The normalized spacial score (nSPS) is 14.0. The van der Waals surface area contributed by atoms with Gasteiger partial charge in [0.15, 0.2) is 4.34 Å². The van der Waals surface area contributed by atoms with Crippen LogP contribution in [-0.4, -0.2) is 39.7 Å². The van der Waals surface area contributed by atoms with Gasteiger partial charge in [0.2, 0.25) is 5.91 Å². The number of thiazole rings is 1. The third-order valence-electron chi connectivity index (χ3n) is 4.33. The Morgan fingerprint density at radius 1 is 1.21 bits per heavy atom. The minimum atomic E-state index is -0.938. The zero-order valence-corrected chi connectivity index (χ0v) is 16.8. The number of benzene rings is 1. The van der Waals surface area contributed by atoms with Crippen molar-refractivity contribution in [1.82, 2.24) is 10.3 Å².